The molecule has 0 radical (unpaired) electrons. The van der Waals surface area contributed by atoms with Crippen molar-refractivity contribution in [2.75, 3.05) is 24.7 Å². The summed E-state index contributed by atoms with van der Waals surface area (Å²) in [7, 11) is 4.05. The fraction of sp³-hybridized carbons (Fsp3) is 0.286. The maximum Gasteiger partial charge on any atom is 0.220 e. The van der Waals surface area contributed by atoms with Gasteiger partial charge in [0, 0.05) is 25.3 Å². The monoisotopic (exact) mass is 242 g/mol. The van der Waals surface area contributed by atoms with Gasteiger partial charge in [0.25, 0.3) is 0 Å². The molecule has 2 rings (SSSR count). The summed E-state index contributed by atoms with van der Waals surface area (Å²) in [5.74, 6) is 0.332. The Bertz CT molecular complexity index is 536. The molecule has 94 valence electrons. The van der Waals surface area contributed by atoms with Crippen molar-refractivity contribution < 1.29 is 0 Å². The smallest absolute Gasteiger partial charge is 0.220 e. The predicted molar refractivity (Wildman–Crippen MR) is 75.7 cm³/mol. The van der Waals surface area contributed by atoms with E-state index in [4.69, 9.17) is 5.73 Å². The van der Waals surface area contributed by atoms with Crippen LogP contribution in [0.1, 0.15) is 11.4 Å². The van der Waals surface area contributed by atoms with E-state index in [9.17, 15) is 0 Å². The van der Waals surface area contributed by atoms with E-state index in [1.807, 2.05) is 27.9 Å². The van der Waals surface area contributed by atoms with E-state index >= 15 is 0 Å². The Balaban J connectivity index is 2.49. The van der Waals surface area contributed by atoms with Gasteiger partial charge >= 0.3 is 0 Å². The molecule has 1 heterocycles. The summed E-state index contributed by atoms with van der Waals surface area (Å²) in [6.45, 7) is 3.92. The second-order valence-electron chi connectivity index (χ2n) is 4.57. The SMILES string of the molecule is Cc1nc(N)nc(C)c1-c1ccc(N(C)C)cc1. The molecule has 0 fully saturated rings. The molecule has 0 aliphatic heterocycles. The molecule has 2 N–H and O–H groups in total. The topological polar surface area (TPSA) is 55.0 Å². The van der Waals surface area contributed by atoms with Crippen molar-refractivity contribution in [2.24, 2.45) is 0 Å². The number of nitrogen functional groups attached to an aromatic ring is 1. The van der Waals surface area contributed by atoms with E-state index in [1.54, 1.807) is 0 Å². The Morgan fingerprint density at radius 1 is 0.944 bits per heavy atom. The molecule has 0 unspecified atom stereocenters. The molecule has 0 aliphatic rings. The summed E-state index contributed by atoms with van der Waals surface area (Å²) < 4.78 is 0. The highest BCUT2D eigenvalue weighted by molar-refractivity contribution is 5.70. The van der Waals surface area contributed by atoms with Crippen LogP contribution in [0.3, 0.4) is 0 Å². The Hall–Kier alpha value is -2.10. The fourth-order valence-corrected chi connectivity index (χ4v) is 2.09. The molecule has 4 nitrogen and oxygen atoms in total. The molecule has 0 saturated heterocycles. The first-order chi connectivity index (χ1) is 8.49. The normalized spacial score (nSPS) is 10.4. The van der Waals surface area contributed by atoms with E-state index < -0.39 is 0 Å². The van der Waals surface area contributed by atoms with Gasteiger partial charge in [-0.15, -0.1) is 0 Å². The van der Waals surface area contributed by atoms with Crippen molar-refractivity contribution in [1.29, 1.82) is 0 Å². The minimum Gasteiger partial charge on any atom is -0.378 e. The molecule has 0 atom stereocenters. The highest BCUT2D eigenvalue weighted by Crippen LogP contribution is 2.27. The van der Waals surface area contributed by atoms with Crippen LogP contribution >= 0.6 is 0 Å². The summed E-state index contributed by atoms with van der Waals surface area (Å²) in [5.41, 5.74) is 10.8. The van der Waals surface area contributed by atoms with Gasteiger partial charge in [-0.3, -0.25) is 0 Å². The molecule has 0 amide bonds. The molecular formula is C14H18N4. The van der Waals surface area contributed by atoms with E-state index in [1.165, 1.54) is 5.69 Å². The lowest BCUT2D eigenvalue weighted by Crippen LogP contribution is -2.08. The van der Waals surface area contributed by atoms with Gasteiger partial charge in [0.2, 0.25) is 5.95 Å². The van der Waals surface area contributed by atoms with Gasteiger partial charge < -0.3 is 10.6 Å². The third-order valence-corrected chi connectivity index (χ3v) is 2.96. The van der Waals surface area contributed by atoms with Gasteiger partial charge in [0.1, 0.15) is 0 Å². The summed E-state index contributed by atoms with van der Waals surface area (Å²) in [5, 5.41) is 0. The number of hydrogen-bond acceptors (Lipinski definition) is 4. The van der Waals surface area contributed by atoms with Crippen LogP contribution < -0.4 is 10.6 Å². The zero-order valence-electron chi connectivity index (χ0n) is 11.2. The van der Waals surface area contributed by atoms with Crippen LogP contribution in [-0.2, 0) is 0 Å². The van der Waals surface area contributed by atoms with Crippen molar-refractivity contribution in [3.8, 4) is 11.1 Å². The number of nitrogens with zero attached hydrogens (tertiary/aromatic N) is 3. The number of rotatable bonds is 2. The number of benzene rings is 1. The predicted octanol–water partition coefficient (Wildman–Crippen LogP) is 2.41. The second kappa shape index (κ2) is 4.64. The van der Waals surface area contributed by atoms with Crippen LogP contribution in [0.25, 0.3) is 11.1 Å². The number of aryl methyl sites for hydroxylation is 2. The average Bonchev–Trinajstić information content (AvgIpc) is 2.28. The molecule has 4 heteroatoms. The van der Waals surface area contributed by atoms with Crippen LogP contribution in [0.15, 0.2) is 24.3 Å². The molecule has 1 aromatic heterocycles. The summed E-state index contributed by atoms with van der Waals surface area (Å²) in [6.07, 6.45) is 0. The first-order valence-corrected chi connectivity index (χ1v) is 5.87. The van der Waals surface area contributed by atoms with E-state index in [0.717, 1.165) is 22.5 Å². The summed E-state index contributed by atoms with van der Waals surface area (Å²) >= 11 is 0. The minimum atomic E-state index is 0.332. The maximum absolute atomic E-state index is 5.64. The van der Waals surface area contributed by atoms with Gasteiger partial charge in [-0.1, -0.05) is 12.1 Å². The molecule has 1 aromatic carbocycles. The Kier molecular flexibility index (Phi) is 3.19. The standard InChI is InChI=1S/C14H18N4/c1-9-13(10(2)17-14(15)16-9)11-5-7-12(8-6-11)18(3)4/h5-8H,1-4H3,(H2,15,16,17). The van der Waals surface area contributed by atoms with Gasteiger partial charge in [-0.05, 0) is 31.5 Å². The Labute approximate surface area is 107 Å². The Morgan fingerprint density at radius 3 is 1.89 bits per heavy atom. The highest BCUT2D eigenvalue weighted by Gasteiger charge is 2.09. The third-order valence-electron chi connectivity index (χ3n) is 2.96. The minimum absolute atomic E-state index is 0.332. The molecule has 0 bridgehead atoms. The molecule has 2 aromatic rings. The highest BCUT2D eigenvalue weighted by atomic mass is 15.1. The molecule has 18 heavy (non-hydrogen) atoms. The van der Waals surface area contributed by atoms with Crippen LogP contribution in [0.4, 0.5) is 11.6 Å². The molecule has 0 saturated carbocycles. The zero-order valence-corrected chi connectivity index (χ0v) is 11.2. The van der Waals surface area contributed by atoms with Gasteiger partial charge in [0.15, 0.2) is 0 Å². The van der Waals surface area contributed by atoms with E-state index in [0.29, 0.717) is 5.95 Å². The fourth-order valence-electron chi connectivity index (χ4n) is 2.09. The van der Waals surface area contributed by atoms with E-state index in [-0.39, 0.29) is 0 Å². The zero-order chi connectivity index (χ0) is 13.3. The summed E-state index contributed by atoms with van der Waals surface area (Å²) in [4.78, 5) is 10.5. The first kappa shape index (κ1) is 12.4. The number of anilines is 2. The van der Waals surface area contributed by atoms with Crippen molar-refractivity contribution in [3.05, 3.63) is 35.7 Å². The van der Waals surface area contributed by atoms with Crippen molar-refractivity contribution in [1.82, 2.24) is 9.97 Å². The van der Waals surface area contributed by atoms with Crippen LogP contribution in [0, 0.1) is 13.8 Å². The number of aromatic nitrogens is 2. The van der Waals surface area contributed by atoms with Crippen molar-refractivity contribution in [2.45, 2.75) is 13.8 Å². The second-order valence-corrected chi connectivity index (χ2v) is 4.57. The third kappa shape index (κ3) is 2.27. The molecule has 0 spiro atoms. The molecular weight excluding hydrogens is 224 g/mol. The van der Waals surface area contributed by atoms with E-state index in [2.05, 4.69) is 39.1 Å². The lowest BCUT2D eigenvalue weighted by molar-refractivity contribution is 1.07. The van der Waals surface area contributed by atoms with Crippen LogP contribution in [-0.4, -0.2) is 24.1 Å². The largest absolute Gasteiger partial charge is 0.378 e. The van der Waals surface area contributed by atoms with Crippen LogP contribution in [0.2, 0.25) is 0 Å². The van der Waals surface area contributed by atoms with Gasteiger partial charge in [-0.2, -0.15) is 0 Å². The van der Waals surface area contributed by atoms with Gasteiger partial charge in [0.05, 0.1) is 11.4 Å². The molecule has 0 aliphatic carbocycles. The average molecular weight is 242 g/mol. The quantitative estimate of drug-likeness (QED) is 0.878. The first-order valence-electron chi connectivity index (χ1n) is 5.87. The number of nitrogens with two attached hydrogens (primary N) is 1. The van der Waals surface area contributed by atoms with Gasteiger partial charge in [-0.25, -0.2) is 9.97 Å². The maximum atomic E-state index is 5.64. The lowest BCUT2D eigenvalue weighted by atomic mass is 10.0. The number of hydrogen-bond donors (Lipinski definition) is 1. The Morgan fingerprint density at radius 2 is 1.44 bits per heavy atom. The van der Waals surface area contributed by atoms with Crippen LogP contribution in [0.5, 0.6) is 0 Å². The lowest BCUT2D eigenvalue weighted by Gasteiger charge is -2.14. The summed E-state index contributed by atoms with van der Waals surface area (Å²) in [6, 6.07) is 8.35. The van der Waals surface area contributed by atoms with Crippen molar-refractivity contribution >= 4 is 11.6 Å². The van der Waals surface area contributed by atoms with Crippen molar-refractivity contribution in [3.63, 3.8) is 0 Å².